The summed E-state index contributed by atoms with van der Waals surface area (Å²) in [6.07, 6.45) is 2.49. The number of sulfonamides is 1. The quantitative estimate of drug-likeness (QED) is 0.780. The van der Waals surface area contributed by atoms with Gasteiger partial charge in [0.1, 0.15) is 11.6 Å². The predicted molar refractivity (Wildman–Crippen MR) is 108 cm³/mol. The Bertz CT molecular complexity index is 961. The van der Waals surface area contributed by atoms with Gasteiger partial charge in [-0.1, -0.05) is 18.2 Å². The van der Waals surface area contributed by atoms with Gasteiger partial charge in [-0.05, 0) is 61.1 Å². The number of benzene rings is 2. The van der Waals surface area contributed by atoms with E-state index in [0.717, 1.165) is 31.1 Å². The molecule has 0 bridgehead atoms. The van der Waals surface area contributed by atoms with Crippen LogP contribution in [0.5, 0.6) is 5.75 Å². The average Bonchev–Trinajstić information content (AvgIpc) is 3.24. The van der Waals surface area contributed by atoms with E-state index in [9.17, 15) is 12.8 Å². The van der Waals surface area contributed by atoms with Crippen LogP contribution in [0.1, 0.15) is 30.9 Å². The zero-order valence-electron chi connectivity index (χ0n) is 16.3. The van der Waals surface area contributed by atoms with Gasteiger partial charge in [-0.15, -0.1) is 0 Å². The highest BCUT2D eigenvalue weighted by Gasteiger charge is 2.36. The number of rotatable bonds is 5. The maximum Gasteiger partial charge on any atom is 0.243 e. The minimum absolute atomic E-state index is 0.0229. The van der Waals surface area contributed by atoms with Gasteiger partial charge in [-0.25, -0.2) is 12.8 Å². The molecule has 2 N–H and O–H groups in total. The molecule has 0 spiro atoms. The molecule has 2 atom stereocenters. The summed E-state index contributed by atoms with van der Waals surface area (Å²) in [7, 11) is -1.99. The van der Waals surface area contributed by atoms with E-state index in [-0.39, 0.29) is 17.0 Å². The van der Waals surface area contributed by atoms with E-state index in [1.807, 2.05) is 18.2 Å². The number of hydrogen-bond acceptors (Lipinski definition) is 5. The van der Waals surface area contributed by atoms with Crippen molar-refractivity contribution in [3.63, 3.8) is 0 Å². The van der Waals surface area contributed by atoms with Gasteiger partial charge >= 0.3 is 0 Å². The van der Waals surface area contributed by atoms with Crippen molar-refractivity contribution >= 4 is 10.0 Å². The number of nitrogens with zero attached hydrogens (tertiary/aromatic N) is 1. The summed E-state index contributed by atoms with van der Waals surface area (Å²) in [5.74, 6) is 0.687. The first-order chi connectivity index (χ1) is 14.0. The molecular formula is C21H26FN3O3S. The van der Waals surface area contributed by atoms with E-state index >= 15 is 0 Å². The third-order valence-corrected chi connectivity index (χ3v) is 7.82. The molecule has 2 aromatic carbocycles. The summed E-state index contributed by atoms with van der Waals surface area (Å²) in [4.78, 5) is 0.0229. The molecule has 2 unspecified atom stereocenters. The van der Waals surface area contributed by atoms with Crippen LogP contribution >= 0.6 is 0 Å². The van der Waals surface area contributed by atoms with E-state index in [4.69, 9.17) is 4.74 Å². The second-order valence-corrected chi connectivity index (χ2v) is 9.60. The smallest absolute Gasteiger partial charge is 0.243 e. The lowest BCUT2D eigenvalue weighted by Crippen LogP contribution is -2.44. The van der Waals surface area contributed by atoms with E-state index in [1.54, 1.807) is 7.11 Å². The van der Waals surface area contributed by atoms with Crippen molar-refractivity contribution in [1.29, 1.82) is 0 Å². The molecule has 2 fully saturated rings. The van der Waals surface area contributed by atoms with Crippen LogP contribution in [0.2, 0.25) is 0 Å². The first-order valence-electron chi connectivity index (χ1n) is 9.88. The molecule has 2 aliphatic heterocycles. The standard InChI is InChI=1S/C21H26FN3O3S/c1-28-18-6-2-4-16(12-18)21-14-20(23-24-21)15-8-10-25(11-9-15)29(26,27)19-7-3-5-17(22)13-19/h2-7,12-13,15,20-21,23-24H,8-11,14H2,1H3. The summed E-state index contributed by atoms with van der Waals surface area (Å²) in [6.45, 7) is 0.900. The fraction of sp³-hybridized carbons (Fsp3) is 0.429. The Balaban J connectivity index is 1.36. The minimum atomic E-state index is -3.65. The molecule has 2 aliphatic rings. The maximum atomic E-state index is 13.4. The normalized spacial score (nSPS) is 23.9. The second-order valence-electron chi connectivity index (χ2n) is 7.66. The Hall–Kier alpha value is -2.00. The number of hydrazine groups is 1. The van der Waals surface area contributed by atoms with E-state index in [1.165, 1.54) is 28.1 Å². The van der Waals surface area contributed by atoms with Crippen LogP contribution in [-0.4, -0.2) is 39.0 Å². The monoisotopic (exact) mass is 419 g/mol. The number of ether oxygens (including phenoxy) is 1. The van der Waals surface area contributed by atoms with Gasteiger partial charge in [0.05, 0.1) is 12.0 Å². The highest BCUT2D eigenvalue weighted by atomic mass is 32.2. The van der Waals surface area contributed by atoms with Gasteiger partial charge in [0, 0.05) is 25.2 Å². The van der Waals surface area contributed by atoms with Gasteiger partial charge in [0.25, 0.3) is 0 Å². The third-order valence-electron chi connectivity index (χ3n) is 5.93. The summed E-state index contributed by atoms with van der Waals surface area (Å²) >= 11 is 0. The van der Waals surface area contributed by atoms with Gasteiger partial charge in [-0.3, -0.25) is 10.9 Å². The van der Waals surface area contributed by atoms with Gasteiger partial charge in [0.2, 0.25) is 10.0 Å². The first-order valence-corrected chi connectivity index (χ1v) is 11.3. The Labute approximate surface area is 171 Å². The molecule has 29 heavy (non-hydrogen) atoms. The van der Waals surface area contributed by atoms with Crippen LogP contribution < -0.4 is 15.6 Å². The fourth-order valence-corrected chi connectivity index (χ4v) is 5.76. The van der Waals surface area contributed by atoms with Crippen molar-refractivity contribution in [1.82, 2.24) is 15.2 Å². The lowest BCUT2D eigenvalue weighted by molar-refractivity contribution is 0.230. The number of halogens is 1. The summed E-state index contributed by atoms with van der Waals surface area (Å²) in [5.41, 5.74) is 7.93. The molecule has 0 radical (unpaired) electrons. The van der Waals surface area contributed by atoms with Gasteiger partial charge < -0.3 is 4.74 Å². The van der Waals surface area contributed by atoms with Crippen LogP contribution in [-0.2, 0) is 10.0 Å². The number of hydrogen-bond donors (Lipinski definition) is 2. The van der Waals surface area contributed by atoms with E-state index in [2.05, 4.69) is 16.9 Å². The average molecular weight is 420 g/mol. The Morgan fingerprint density at radius 3 is 2.55 bits per heavy atom. The largest absolute Gasteiger partial charge is 0.497 e. The van der Waals surface area contributed by atoms with Crippen molar-refractivity contribution < 1.29 is 17.5 Å². The zero-order chi connectivity index (χ0) is 20.4. The van der Waals surface area contributed by atoms with Crippen molar-refractivity contribution in [3.8, 4) is 5.75 Å². The fourth-order valence-electron chi connectivity index (χ4n) is 4.26. The number of piperidine rings is 1. The Kier molecular flexibility index (Phi) is 5.87. The van der Waals surface area contributed by atoms with Crippen molar-refractivity contribution in [2.75, 3.05) is 20.2 Å². The molecule has 0 saturated carbocycles. The highest BCUT2D eigenvalue weighted by Crippen LogP contribution is 2.33. The van der Waals surface area contributed by atoms with Gasteiger partial charge in [0.15, 0.2) is 0 Å². The molecule has 0 amide bonds. The molecule has 8 heteroatoms. The van der Waals surface area contributed by atoms with Crippen LogP contribution in [0.4, 0.5) is 4.39 Å². The van der Waals surface area contributed by atoms with Crippen LogP contribution in [0, 0.1) is 11.7 Å². The molecule has 2 aromatic rings. The summed E-state index contributed by atoms with van der Waals surface area (Å²) in [5, 5.41) is 0. The lowest BCUT2D eigenvalue weighted by Gasteiger charge is -2.33. The van der Waals surface area contributed by atoms with E-state index < -0.39 is 15.8 Å². The minimum Gasteiger partial charge on any atom is -0.497 e. The molecule has 0 aromatic heterocycles. The van der Waals surface area contributed by atoms with E-state index in [0.29, 0.717) is 19.0 Å². The third kappa shape index (κ3) is 4.30. The Morgan fingerprint density at radius 1 is 1.07 bits per heavy atom. The maximum absolute atomic E-state index is 13.4. The topological polar surface area (TPSA) is 70.7 Å². The van der Waals surface area contributed by atoms with Crippen molar-refractivity contribution in [3.05, 3.63) is 59.9 Å². The number of methoxy groups -OCH3 is 1. The highest BCUT2D eigenvalue weighted by molar-refractivity contribution is 7.89. The first kappa shape index (κ1) is 20.3. The summed E-state index contributed by atoms with van der Waals surface area (Å²) in [6, 6.07) is 13.7. The Morgan fingerprint density at radius 2 is 1.83 bits per heavy atom. The zero-order valence-corrected chi connectivity index (χ0v) is 17.2. The molecule has 0 aliphatic carbocycles. The molecule has 2 heterocycles. The SMILES string of the molecule is COc1cccc(C2CC(C3CCN(S(=O)(=O)c4cccc(F)c4)CC3)NN2)c1. The van der Waals surface area contributed by atoms with Crippen molar-refractivity contribution in [2.24, 2.45) is 5.92 Å². The number of nitrogens with one attached hydrogen (secondary N) is 2. The van der Waals surface area contributed by atoms with Crippen molar-refractivity contribution in [2.45, 2.75) is 36.2 Å². The second kappa shape index (κ2) is 8.39. The molecule has 2 saturated heterocycles. The van der Waals surface area contributed by atoms with Crippen LogP contribution in [0.25, 0.3) is 0 Å². The van der Waals surface area contributed by atoms with Crippen LogP contribution in [0.15, 0.2) is 53.4 Å². The van der Waals surface area contributed by atoms with Crippen LogP contribution in [0.3, 0.4) is 0 Å². The molecule has 6 nitrogen and oxygen atoms in total. The van der Waals surface area contributed by atoms with Gasteiger partial charge in [-0.2, -0.15) is 4.31 Å². The predicted octanol–water partition coefficient (Wildman–Crippen LogP) is 2.84. The molecule has 4 rings (SSSR count). The molecule has 156 valence electrons. The lowest BCUT2D eigenvalue weighted by atomic mass is 9.87. The summed E-state index contributed by atoms with van der Waals surface area (Å²) < 4.78 is 45.8. The molecular weight excluding hydrogens is 393 g/mol.